The molecule has 134 valence electrons. The van der Waals surface area contributed by atoms with Crippen LogP contribution in [0.2, 0.25) is 5.02 Å². The summed E-state index contributed by atoms with van der Waals surface area (Å²) in [6, 6.07) is 9.33. The first-order valence-electron chi connectivity index (χ1n) is 7.28. The zero-order valence-corrected chi connectivity index (χ0v) is 14.5. The molecular weight excluding hydrogens is 375 g/mol. The molecule has 0 bridgehead atoms. The number of hydrogen-bond donors (Lipinski definition) is 2. The van der Waals surface area contributed by atoms with E-state index in [1.807, 2.05) is 12.1 Å². The number of rotatable bonds is 7. The van der Waals surface area contributed by atoms with E-state index in [1.54, 1.807) is 12.1 Å². The Bertz CT molecular complexity index is 728. The van der Waals surface area contributed by atoms with Crippen LogP contribution in [-0.2, 0) is 11.0 Å². The molecular formula is C16H15ClF3N3OS. The van der Waals surface area contributed by atoms with Gasteiger partial charge in [-0.1, -0.05) is 23.7 Å². The van der Waals surface area contributed by atoms with Crippen molar-refractivity contribution in [1.29, 1.82) is 0 Å². The highest BCUT2D eigenvalue weighted by Crippen LogP contribution is 2.33. The number of alkyl halides is 3. The molecule has 0 aliphatic carbocycles. The van der Waals surface area contributed by atoms with Crippen molar-refractivity contribution in [2.75, 3.05) is 24.2 Å². The summed E-state index contributed by atoms with van der Waals surface area (Å²) >= 11 is 7.28. The number of benzene rings is 1. The zero-order chi connectivity index (χ0) is 18.3. The van der Waals surface area contributed by atoms with Crippen LogP contribution in [0.5, 0.6) is 0 Å². The van der Waals surface area contributed by atoms with Gasteiger partial charge in [0, 0.05) is 24.2 Å². The number of anilines is 1. The molecule has 0 saturated heterocycles. The van der Waals surface area contributed by atoms with Gasteiger partial charge in [0.15, 0.2) is 0 Å². The van der Waals surface area contributed by atoms with Gasteiger partial charge in [-0.05, 0) is 24.3 Å². The van der Waals surface area contributed by atoms with Crippen molar-refractivity contribution < 1.29 is 18.0 Å². The predicted molar refractivity (Wildman–Crippen MR) is 92.9 cm³/mol. The summed E-state index contributed by atoms with van der Waals surface area (Å²) in [6.07, 6.45) is -3.21. The molecule has 2 N–H and O–H groups in total. The van der Waals surface area contributed by atoms with Gasteiger partial charge in [-0.25, -0.2) is 4.98 Å². The van der Waals surface area contributed by atoms with E-state index in [1.165, 1.54) is 24.0 Å². The maximum Gasteiger partial charge on any atom is 0.419 e. The van der Waals surface area contributed by atoms with Gasteiger partial charge in [-0.2, -0.15) is 13.2 Å². The fraction of sp³-hybridized carbons (Fsp3) is 0.250. The summed E-state index contributed by atoms with van der Waals surface area (Å²) in [5, 5.41) is 5.78. The second-order valence-corrected chi connectivity index (χ2v) is 6.32. The molecule has 0 unspecified atom stereocenters. The lowest BCUT2D eigenvalue weighted by Crippen LogP contribution is -2.30. The first-order valence-corrected chi connectivity index (χ1v) is 8.64. The predicted octanol–water partition coefficient (Wildman–Crippen LogP) is 4.07. The third-order valence-electron chi connectivity index (χ3n) is 3.05. The minimum atomic E-state index is -4.48. The number of thioether (sulfide) groups is 1. The molecule has 1 aromatic carbocycles. The number of aromatic nitrogens is 1. The molecule has 0 aliphatic heterocycles. The normalized spacial score (nSPS) is 11.2. The molecule has 2 rings (SSSR count). The second-order valence-electron chi connectivity index (χ2n) is 4.89. The van der Waals surface area contributed by atoms with Crippen molar-refractivity contribution in [2.45, 2.75) is 11.1 Å². The summed E-state index contributed by atoms with van der Waals surface area (Å²) in [6.45, 7) is 0.304. The van der Waals surface area contributed by atoms with Crippen LogP contribution in [0.1, 0.15) is 5.56 Å². The first kappa shape index (κ1) is 19.4. The fourth-order valence-electron chi connectivity index (χ4n) is 1.91. The van der Waals surface area contributed by atoms with Crippen molar-refractivity contribution in [1.82, 2.24) is 10.3 Å². The molecule has 2 aromatic rings. The lowest BCUT2D eigenvalue weighted by Gasteiger charge is -2.13. The highest BCUT2D eigenvalue weighted by Gasteiger charge is 2.33. The summed E-state index contributed by atoms with van der Waals surface area (Å²) in [4.78, 5) is 16.2. The fourth-order valence-corrected chi connectivity index (χ4v) is 2.98. The maximum absolute atomic E-state index is 12.8. The van der Waals surface area contributed by atoms with Crippen molar-refractivity contribution in [3.8, 4) is 0 Å². The Hall–Kier alpha value is -1.93. The van der Waals surface area contributed by atoms with Gasteiger partial charge in [0.25, 0.3) is 0 Å². The number of amides is 1. The van der Waals surface area contributed by atoms with E-state index in [4.69, 9.17) is 11.6 Å². The van der Waals surface area contributed by atoms with Crippen LogP contribution in [0, 0.1) is 0 Å². The number of pyridine rings is 1. The Labute approximate surface area is 152 Å². The average Bonchev–Trinajstić information content (AvgIpc) is 2.57. The van der Waals surface area contributed by atoms with Crippen LogP contribution in [0.25, 0.3) is 0 Å². The van der Waals surface area contributed by atoms with Gasteiger partial charge in [0.05, 0.1) is 16.3 Å². The molecule has 0 radical (unpaired) electrons. The smallest absolute Gasteiger partial charge is 0.368 e. The largest absolute Gasteiger partial charge is 0.419 e. The molecule has 9 heteroatoms. The number of hydrogen-bond acceptors (Lipinski definition) is 4. The van der Waals surface area contributed by atoms with Crippen LogP contribution in [0.4, 0.5) is 19.0 Å². The number of nitrogens with zero attached hydrogens (tertiary/aromatic N) is 1. The van der Waals surface area contributed by atoms with E-state index in [9.17, 15) is 18.0 Å². The van der Waals surface area contributed by atoms with Gasteiger partial charge >= 0.3 is 6.18 Å². The summed E-state index contributed by atoms with van der Waals surface area (Å²) in [5.41, 5.74) is -0.837. The van der Waals surface area contributed by atoms with Crippen molar-refractivity contribution in [2.24, 2.45) is 0 Å². The number of nitrogens with one attached hydrogen (secondary N) is 2. The molecule has 1 aromatic heterocycles. The lowest BCUT2D eigenvalue weighted by molar-refractivity contribution is -0.137. The van der Waals surface area contributed by atoms with Gasteiger partial charge in [-0.15, -0.1) is 11.8 Å². The highest BCUT2D eigenvalue weighted by molar-refractivity contribution is 8.00. The van der Waals surface area contributed by atoms with Crippen LogP contribution in [0.15, 0.2) is 47.5 Å². The van der Waals surface area contributed by atoms with Crippen LogP contribution in [-0.4, -0.2) is 29.7 Å². The lowest BCUT2D eigenvalue weighted by atomic mass is 10.2. The van der Waals surface area contributed by atoms with E-state index in [-0.39, 0.29) is 30.6 Å². The number of carbonyl (C=O) groups excluding carboxylic acids is 1. The SMILES string of the molecule is O=C(CSc1ccccc1Cl)NCCNc1ncccc1C(F)(F)F. The minimum absolute atomic E-state index is 0.128. The Kier molecular flexibility index (Phi) is 6.95. The Morgan fingerprint density at radius 3 is 2.64 bits per heavy atom. The third kappa shape index (κ3) is 6.13. The van der Waals surface area contributed by atoms with Crippen LogP contribution < -0.4 is 10.6 Å². The molecule has 25 heavy (non-hydrogen) atoms. The molecule has 1 amide bonds. The summed E-state index contributed by atoms with van der Waals surface area (Å²) in [5.74, 6) is -0.320. The Balaban J connectivity index is 1.75. The molecule has 0 saturated carbocycles. The monoisotopic (exact) mass is 389 g/mol. The quantitative estimate of drug-likeness (QED) is 0.553. The molecule has 1 heterocycles. The first-order chi connectivity index (χ1) is 11.9. The maximum atomic E-state index is 12.8. The molecule has 0 aliphatic rings. The van der Waals surface area contributed by atoms with Gasteiger partial charge in [-0.3, -0.25) is 4.79 Å². The third-order valence-corrected chi connectivity index (χ3v) is 4.56. The van der Waals surface area contributed by atoms with Crippen molar-refractivity contribution in [3.63, 3.8) is 0 Å². The van der Waals surface area contributed by atoms with E-state index >= 15 is 0 Å². The van der Waals surface area contributed by atoms with E-state index in [0.29, 0.717) is 5.02 Å². The highest BCUT2D eigenvalue weighted by atomic mass is 35.5. The van der Waals surface area contributed by atoms with Crippen molar-refractivity contribution >= 4 is 35.1 Å². The topological polar surface area (TPSA) is 54.0 Å². The molecule has 0 spiro atoms. The summed E-state index contributed by atoms with van der Waals surface area (Å²) < 4.78 is 38.5. The number of halogens is 4. The standard InChI is InChI=1S/C16H15ClF3N3OS/c17-12-5-1-2-6-13(12)25-10-14(24)21-8-9-23-15-11(16(18,19)20)4-3-7-22-15/h1-7H,8-10H2,(H,21,24)(H,22,23). The average molecular weight is 390 g/mol. The van der Waals surface area contributed by atoms with E-state index in [2.05, 4.69) is 15.6 Å². The molecule has 4 nitrogen and oxygen atoms in total. The van der Waals surface area contributed by atoms with E-state index in [0.717, 1.165) is 11.0 Å². The molecule has 0 atom stereocenters. The molecule has 0 fully saturated rings. The Morgan fingerprint density at radius 2 is 1.92 bits per heavy atom. The summed E-state index contributed by atoms with van der Waals surface area (Å²) in [7, 11) is 0. The Morgan fingerprint density at radius 1 is 1.16 bits per heavy atom. The van der Waals surface area contributed by atoms with Crippen molar-refractivity contribution in [3.05, 3.63) is 53.2 Å². The van der Waals surface area contributed by atoms with Gasteiger partial charge < -0.3 is 10.6 Å². The van der Waals surface area contributed by atoms with E-state index < -0.39 is 11.7 Å². The minimum Gasteiger partial charge on any atom is -0.368 e. The number of carbonyl (C=O) groups is 1. The van der Waals surface area contributed by atoms with Crippen LogP contribution >= 0.6 is 23.4 Å². The zero-order valence-electron chi connectivity index (χ0n) is 12.9. The van der Waals surface area contributed by atoms with Crippen LogP contribution in [0.3, 0.4) is 0 Å². The second kappa shape index (κ2) is 8.96. The van der Waals surface area contributed by atoms with Gasteiger partial charge in [0.2, 0.25) is 5.91 Å². The van der Waals surface area contributed by atoms with Gasteiger partial charge in [0.1, 0.15) is 5.82 Å².